The van der Waals surface area contributed by atoms with Gasteiger partial charge in [-0.15, -0.1) is 0 Å². The van der Waals surface area contributed by atoms with Crippen molar-refractivity contribution in [3.8, 4) is 0 Å². The van der Waals surface area contributed by atoms with Gasteiger partial charge >= 0.3 is 5.97 Å². The molecule has 0 aliphatic rings. The number of carbonyl (C=O) groups excluding carboxylic acids is 1. The van der Waals surface area contributed by atoms with E-state index in [4.69, 9.17) is 5.11 Å². The maximum absolute atomic E-state index is 10.9. The summed E-state index contributed by atoms with van der Waals surface area (Å²) in [6.07, 6.45) is 8.82. The molecule has 0 rings (SSSR count). The van der Waals surface area contributed by atoms with Crippen LogP contribution in [0.3, 0.4) is 0 Å². The van der Waals surface area contributed by atoms with E-state index < -0.39 is 11.8 Å². The Bertz CT molecular complexity index is 296. The lowest BCUT2D eigenvalue weighted by atomic mass is 10.1. The van der Waals surface area contributed by atoms with Crippen molar-refractivity contribution in [3.63, 3.8) is 0 Å². The molecule has 3 heteroatoms. The van der Waals surface area contributed by atoms with Gasteiger partial charge in [0.1, 0.15) is 0 Å². The molecule has 0 aromatic heterocycles. The zero-order chi connectivity index (χ0) is 11.0. The minimum absolute atomic E-state index is 0.0557. The van der Waals surface area contributed by atoms with Crippen LogP contribution in [0.4, 0.5) is 0 Å². The van der Waals surface area contributed by atoms with Crippen molar-refractivity contribution in [2.24, 2.45) is 0 Å². The first kappa shape index (κ1) is 12.4. The molecule has 0 aliphatic carbocycles. The zero-order valence-corrected chi connectivity index (χ0v) is 8.36. The molecule has 0 saturated heterocycles. The molecule has 3 nitrogen and oxygen atoms in total. The van der Waals surface area contributed by atoms with Gasteiger partial charge in [-0.05, 0) is 19.4 Å². The van der Waals surface area contributed by atoms with Gasteiger partial charge in [-0.25, -0.2) is 4.79 Å². The molecule has 0 spiro atoms. The Morgan fingerprint density at radius 2 is 1.86 bits per heavy atom. The SMILES string of the molecule is C\C=C/C=C\C(=C/C)CC(=O)C(=O)O. The van der Waals surface area contributed by atoms with Gasteiger partial charge in [0.15, 0.2) is 0 Å². The third-order valence-electron chi connectivity index (χ3n) is 1.59. The van der Waals surface area contributed by atoms with Crippen LogP contribution in [0.5, 0.6) is 0 Å². The number of hydrogen-bond donors (Lipinski definition) is 1. The van der Waals surface area contributed by atoms with E-state index in [2.05, 4.69) is 0 Å². The maximum Gasteiger partial charge on any atom is 0.372 e. The summed E-state index contributed by atoms with van der Waals surface area (Å²) in [5.41, 5.74) is 0.704. The Kier molecular flexibility index (Phi) is 6.03. The fraction of sp³-hybridized carbons (Fsp3) is 0.273. The lowest BCUT2D eigenvalue weighted by molar-refractivity contribution is -0.148. The smallest absolute Gasteiger partial charge is 0.372 e. The number of rotatable bonds is 5. The highest BCUT2D eigenvalue weighted by molar-refractivity contribution is 6.33. The Morgan fingerprint density at radius 3 is 2.29 bits per heavy atom. The predicted molar refractivity (Wildman–Crippen MR) is 55.0 cm³/mol. The van der Waals surface area contributed by atoms with Crippen molar-refractivity contribution in [3.05, 3.63) is 36.0 Å². The third-order valence-corrected chi connectivity index (χ3v) is 1.59. The molecule has 0 bridgehead atoms. The summed E-state index contributed by atoms with van der Waals surface area (Å²) in [6.45, 7) is 3.65. The first-order valence-corrected chi connectivity index (χ1v) is 4.32. The molecule has 14 heavy (non-hydrogen) atoms. The van der Waals surface area contributed by atoms with E-state index in [1.54, 1.807) is 25.2 Å². The Hall–Kier alpha value is -1.64. The molecule has 1 N–H and O–H groups in total. The lowest BCUT2D eigenvalue weighted by Crippen LogP contribution is -2.12. The molecule has 0 amide bonds. The van der Waals surface area contributed by atoms with Crippen LogP contribution in [-0.2, 0) is 9.59 Å². The van der Waals surface area contributed by atoms with Crippen molar-refractivity contribution < 1.29 is 14.7 Å². The number of ketones is 1. The van der Waals surface area contributed by atoms with Crippen molar-refractivity contribution in [2.75, 3.05) is 0 Å². The molecule has 0 heterocycles. The topological polar surface area (TPSA) is 54.4 Å². The Labute approximate surface area is 83.4 Å². The summed E-state index contributed by atoms with van der Waals surface area (Å²) in [5.74, 6) is -2.17. The first-order valence-electron chi connectivity index (χ1n) is 4.32. The van der Waals surface area contributed by atoms with Gasteiger partial charge in [0.05, 0.1) is 0 Å². The third kappa shape index (κ3) is 5.09. The predicted octanol–water partition coefficient (Wildman–Crippen LogP) is 2.11. The normalized spacial score (nSPS) is 12.6. The fourth-order valence-corrected chi connectivity index (χ4v) is 0.808. The van der Waals surface area contributed by atoms with E-state index in [9.17, 15) is 9.59 Å². The second-order valence-corrected chi connectivity index (χ2v) is 2.65. The average molecular weight is 194 g/mol. The van der Waals surface area contributed by atoms with E-state index >= 15 is 0 Å². The van der Waals surface area contributed by atoms with Crippen LogP contribution in [-0.4, -0.2) is 16.9 Å². The minimum atomic E-state index is -1.39. The highest BCUT2D eigenvalue weighted by atomic mass is 16.4. The summed E-state index contributed by atoms with van der Waals surface area (Å²) in [5, 5.41) is 8.38. The Balaban J connectivity index is 4.32. The number of allylic oxidation sites excluding steroid dienone is 6. The second-order valence-electron chi connectivity index (χ2n) is 2.65. The van der Waals surface area contributed by atoms with Crippen molar-refractivity contribution >= 4 is 11.8 Å². The van der Waals surface area contributed by atoms with Gasteiger partial charge in [-0.1, -0.05) is 30.4 Å². The van der Waals surface area contributed by atoms with Crippen LogP contribution in [0.1, 0.15) is 20.3 Å². The van der Waals surface area contributed by atoms with Gasteiger partial charge in [0, 0.05) is 6.42 Å². The van der Waals surface area contributed by atoms with Crippen molar-refractivity contribution in [2.45, 2.75) is 20.3 Å². The van der Waals surface area contributed by atoms with Crippen LogP contribution < -0.4 is 0 Å². The molecule has 0 aromatic carbocycles. The van der Waals surface area contributed by atoms with E-state index in [0.29, 0.717) is 5.57 Å². The number of hydrogen-bond acceptors (Lipinski definition) is 2. The molecule has 76 valence electrons. The number of carboxylic acids is 1. The molecule has 0 unspecified atom stereocenters. The van der Waals surface area contributed by atoms with Crippen LogP contribution in [0, 0.1) is 0 Å². The van der Waals surface area contributed by atoms with Crippen molar-refractivity contribution in [1.82, 2.24) is 0 Å². The number of aliphatic carboxylic acids is 1. The number of carboxylic acid groups (broad SMARTS) is 1. The van der Waals surface area contributed by atoms with E-state index in [1.165, 1.54) is 0 Å². The van der Waals surface area contributed by atoms with Gasteiger partial charge in [-0.3, -0.25) is 4.79 Å². The standard InChI is InChI=1S/C11H14O3/c1-3-5-6-7-9(4-2)8-10(12)11(13)14/h3-7H,8H2,1-2H3,(H,13,14)/b5-3-,7-6-,9-4+. The van der Waals surface area contributed by atoms with Crippen LogP contribution >= 0.6 is 0 Å². The van der Waals surface area contributed by atoms with Gasteiger partial charge in [0.25, 0.3) is 0 Å². The number of carbonyl (C=O) groups is 2. The summed E-state index contributed by atoms with van der Waals surface area (Å²) in [4.78, 5) is 21.1. The zero-order valence-electron chi connectivity index (χ0n) is 8.36. The highest BCUT2D eigenvalue weighted by Gasteiger charge is 2.11. The molecule has 0 aromatic rings. The molecular weight excluding hydrogens is 180 g/mol. The highest BCUT2D eigenvalue weighted by Crippen LogP contribution is 2.04. The van der Waals surface area contributed by atoms with E-state index in [0.717, 1.165) is 0 Å². The first-order chi connectivity index (χ1) is 6.61. The molecule has 0 atom stereocenters. The van der Waals surface area contributed by atoms with Gasteiger partial charge < -0.3 is 5.11 Å². The fourth-order valence-electron chi connectivity index (χ4n) is 0.808. The summed E-state index contributed by atoms with van der Waals surface area (Å²) < 4.78 is 0. The van der Waals surface area contributed by atoms with Crippen molar-refractivity contribution in [1.29, 1.82) is 0 Å². The second kappa shape index (κ2) is 6.83. The van der Waals surface area contributed by atoms with Crippen LogP contribution in [0.2, 0.25) is 0 Å². The van der Waals surface area contributed by atoms with Gasteiger partial charge in [-0.2, -0.15) is 0 Å². The maximum atomic E-state index is 10.9. The number of Topliss-reactive ketones (excluding diaryl/α,β-unsaturated/α-hetero) is 1. The molecule has 0 saturated carbocycles. The van der Waals surface area contributed by atoms with Gasteiger partial charge in [0.2, 0.25) is 5.78 Å². The van der Waals surface area contributed by atoms with Crippen LogP contribution in [0.15, 0.2) is 36.0 Å². The minimum Gasteiger partial charge on any atom is -0.475 e. The molecule has 0 radical (unpaired) electrons. The molecular formula is C11H14O3. The quantitative estimate of drug-likeness (QED) is 0.538. The monoisotopic (exact) mass is 194 g/mol. The Morgan fingerprint density at radius 1 is 1.21 bits per heavy atom. The largest absolute Gasteiger partial charge is 0.475 e. The molecule has 0 fully saturated rings. The van der Waals surface area contributed by atoms with E-state index in [-0.39, 0.29) is 6.42 Å². The van der Waals surface area contributed by atoms with Crippen LogP contribution in [0.25, 0.3) is 0 Å². The summed E-state index contributed by atoms with van der Waals surface area (Å²) in [7, 11) is 0. The summed E-state index contributed by atoms with van der Waals surface area (Å²) in [6, 6.07) is 0. The van der Waals surface area contributed by atoms with E-state index in [1.807, 2.05) is 19.1 Å². The molecule has 0 aliphatic heterocycles. The summed E-state index contributed by atoms with van der Waals surface area (Å²) >= 11 is 0. The lowest BCUT2D eigenvalue weighted by Gasteiger charge is -1.96. The average Bonchev–Trinajstić information content (AvgIpc) is 2.16.